The van der Waals surface area contributed by atoms with Gasteiger partial charge in [-0.25, -0.2) is 4.39 Å². The van der Waals surface area contributed by atoms with Crippen molar-refractivity contribution >= 4 is 5.91 Å². The lowest BCUT2D eigenvalue weighted by atomic mass is 9.88. The van der Waals surface area contributed by atoms with Gasteiger partial charge in [0.05, 0.1) is 11.5 Å². The first-order chi connectivity index (χ1) is 8.51. The molecule has 0 radical (unpaired) electrons. The third-order valence-corrected chi connectivity index (χ3v) is 3.63. The van der Waals surface area contributed by atoms with Gasteiger partial charge in [-0.15, -0.1) is 0 Å². The molecule has 2 atom stereocenters. The third kappa shape index (κ3) is 2.70. The third-order valence-electron chi connectivity index (χ3n) is 3.63. The van der Waals surface area contributed by atoms with Gasteiger partial charge in [-0.3, -0.25) is 4.79 Å². The average molecular weight is 250 g/mol. The maximum atomic E-state index is 12.8. The fourth-order valence-electron chi connectivity index (χ4n) is 2.22. The summed E-state index contributed by atoms with van der Waals surface area (Å²) in [5, 5.41) is 6.20. The highest BCUT2D eigenvalue weighted by molar-refractivity contribution is 5.83. The summed E-state index contributed by atoms with van der Waals surface area (Å²) in [7, 11) is 0. The minimum Gasteiger partial charge on any atom is -0.349 e. The van der Waals surface area contributed by atoms with E-state index >= 15 is 0 Å². The average Bonchev–Trinajstić information content (AvgIpc) is 2.78. The van der Waals surface area contributed by atoms with Crippen LogP contribution in [0.25, 0.3) is 0 Å². The molecule has 0 aromatic heterocycles. The summed E-state index contributed by atoms with van der Waals surface area (Å²) in [4.78, 5) is 12.2. The Balaban J connectivity index is 2.00. The van der Waals surface area contributed by atoms with Crippen LogP contribution in [-0.4, -0.2) is 19.0 Å². The summed E-state index contributed by atoms with van der Waals surface area (Å²) in [6.07, 6.45) is 0.856. The number of rotatable bonds is 3. The Hall–Kier alpha value is -1.42. The van der Waals surface area contributed by atoms with E-state index in [1.807, 2.05) is 13.8 Å². The molecule has 1 aliphatic heterocycles. The van der Waals surface area contributed by atoms with Gasteiger partial charge < -0.3 is 10.6 Å². The number of nitrogens with one attached hydrogen (secondary N) is 2. The van der Waals surface area contributed by atoms with Crippen molar-refractivity contribution in [1.82, 2.24) is 10.6 Å². The molecule has 1 fully saturated rings. The van der Waals surface area contributed by atoms with E-state index < -0.39 is 0 Å². The summed E-state index contributed by atoms with van der Waals surface area (Å²) in [5.41, 5.74) is 0.591. The van der Waals surface area contributed by atoms with Gasteiger partial charge in [0.15, 0.2) is 0 Å². The lowest BCUT2D eigenvalue weighted by Gasteiger charge is -2.24. The van der Waals surface area contributed by atoms with Gasteiger partial charge in [-0.05, 0) is 44.5 Å². The Morgan fingerprint density at radius 2 is 2.11 bits per heavy atom. The van der Waals surface area contributed by atoms with Gasteiger partial charge in [0, 0.05) is 6.54 Å². The summed E-state index contributed by atoms with van der Waals surface area (Å²) < 4.78 is 12.8. The predicted octanol–water partition coefficient (Wildman–Crippen LogP) is 2.00. The number of carbonyl (C=O) groups excluding carboxylic acids is 1. The van der Waals surface area contributed by atoms with Crippen LogP contribution in [0.5, 0.6) is 0 Å². The number of benzene rings is 1. The van der Waals surface area contributed by atoms with E-state index in [0.29, 0.717) is 0 Å². The van der Waals surface area contributed by atoms with Crippen molar-refractivity contribution in [2.75, 3.05) is 13.1 Å². The molecule has 18 heavy (non-hydrogen) atoms. The van der Waals surface area contributed by atoms with E-state index in [2.05, 4.69) is 10.6 Å². The summed E-state index contributed by atoms with van der Waals surface area (Å²) in [5.74, 6) is -0.200. The maximum absolute atomic E-state index is 12.8. The van der Waals surface area contributed by atoms with Crippen molar-refractivity contribution in [3.63, 3.8) is 0 Å². The first kappa shape index (κ1) is 13.0. The Morgan fingerprint density at radius 3 is 2.67 bits per heavy atom. The molecule has 0 saturated carbocycles. The molecule has 0 spiro atoms. The SMILES string of the molecule is CC(NC(=O)C1(C)CCNC1)c1ccc(F)cc1. The summed E-state index contributed by atoms with van der Waals surface area (Å²) in [6.45, 7) is 5.49. The molecule has 1 amide bonds. The van der Waals surface area contributed by atoms with Crippen LogP contribution in [-0.2, 0) is 4.79 Å². The van der Waals surface area contributed by atoms with Crippen molar-refractivity contribution < 1.29 is 9.18 Å². The lowest BCUT2D eigenvalue weighted by Crippen LogP contribution is -2.41. The first-order valence-corrected chi connectivity index (χ1v) is 6.28. The van der Waals surface area contributed by atoms with Crippen LogP contribution in [0.4, 0.5) is 4.39 Å². The van der Waals surface area contributed by atoms with Crippen molar-refractivity contribution in [2.45, 2.75) is 26.3 Å². The smallest absolute Gasteiger partial charge is 0.227 e. The minimum absolute atomic E-state index is 0.0596. The molecular weight excluding hydrogens is 231 g/mol. The highest BCUT2D eigenvalue weighted by atomic mass is 19.1. The quantitative estimate of drug-likeness (QED) is 0.861. The molecule has 3 nitrogen and oxygen atoms in total. The molecule has 0 bridgehead atoms. The Morgan fingerprint density at radius 1 is 1.44 bits per heavy atom. The number of halogens is 1. The van der Waals surface area contributed by atoms with Crippen LogP contribution in [0, 0.1) is 11.2 Å². The van der Waals surface area contributed by atoms with Gasteiger partial charge in [0.25, 0.3) is 0 Å². The zero-order chi connectivity index (χ0) is 13.2. The number of carbonyl (C=O) groups is 1. The van der Waals surface area contributed by atoms with Gasteiger partial charge >= 0.3 is 0 Å². The van der Waals surface area contributed by atoms with Crippen molar-refractivity contribution in [2.24, 2.45) is 5.41 Å². The fraction of sp³-hybridized carbons (Fsp3) is 0.500. The molecule has 1 aromatic rings. The topological polar surface area (TPSA) is 41.1 Å². The monoisotopic (exact) mass is 250 g/mol. The van der Waals surface area contributed by atoms with Crippen molar-refractivity contribution in [3.05, 3.63) is 35.6 Å². The Bertz CT molecular complexity index is 424. The summed E-state index contributed by atoms with van der Waals surface area (Å²) in [6, 6.07) is 6.13. The van der Waals surface area contributed by atoms with Gasteiger partial charge in [-0.1, -0.05) is 12.1 Å². The van der Waals surface area contributed by atoms with E-state index in [1.54, 1.807) is 12.1 Å². The maximum Gasteiger partial charge on any atom is 0.227 e. The normalized spacial score (nSPS) is 24.8. The van der Waals surface area contributed by atoms with E-state index in [9.17, 15) is 9.18 Å². The fourth-order valence-corrected chi connectivity index (χ4v) is 2.22. The zero-order valence-corrected chi connectivity index (χ0v) is 10.8. The molecular formula is C14H19FN2O. The van der Waals surface area contributed by atoms with Crippen LogP contribution < -0.4 is 10.6 Å². The Kier molecular flexibility index (Phi) is 3.66. The van der Waals surface area contributed by atoms with E-state index in [4.69, 9.17) is 0 Å². The van der Waals surface area contributed by atoms with E-state index in [0.717, 1.165) is 25.1 Å². The van der Waals surface area contributed by atoms with Crippen LogP contribution in [0.3, 0.4) is 0 Å². The van der Waals surface area contributed by atoms with Crippen LogP contribution in [0.15, 0.2) is 24.3 Å². The molecule has 1 saturated heterocycles. The van der Waals surface area contributed by atoms with Gasteiger partial charge in [0.1, 0.15) is 5.82 Å². The molecule has 0 aliphatic carbocycles. The van der Waals surface area contributed by atoms with Crippen LogP contribution in [0.1, 0.15) is 31.9 Å². The molecule has 1 aliphatic rings. The Labute approximate surface area is 107 Å². The van der Waals surface area contributed by atoms with E-state index in [-0.39, 0.29) is 23.2 Å². The van der Waals surface area contributed by atoms with E-state index in [1.165, 1.54) is 12.1 Å². The second kappa shape index (κ2) is 5.06. The standard InChI is InChI=1S/C14H19FN2O/c1-10(11-3-5-12(15)6-4-11)17-13(18)14(2)7-8-16-9-14/h3-6,10,16H,7-9H2,1-2H3,(H,17,18). The van der Waals surface area contributed by atoms with Gasteiger partial charge in [0.2, 0.25) is 5.91 Å². The van der Waals surface area contributed by atoms with Crippen molar-refractivity contribution in [1.29, 1.82) is 0 Å². The van der Waals surface area contributed by atoms with Crippen LogP contribution in [0.2, 0.25) is 0 Å². The molecule has 2 N–H and O–H groups in total. The largest absolute Gasteiger partial charge is 0.349 e. The predicted molar refractivity (Wildman–Crippen MR) is 68.6 cm³/mol. The zero-order valence-electron chi connectivity index (χ0n) is 10.8. The minimum atomic E-state index is -0.325. The summed E-state index contributed by atoms with van der Waals surface area (Å²) >= 11 is 0. The van der Waals surface area contributed by atoms with Gasteiger partial charge in [-0.2, -0.15) is 0 Å². The highest BCUT2D eigenvalue weighted by Gasteiger charge is 2.36. The number of amides is 1. The second-order valence-corrected chi connectivity index (χ2v) is 5.23. The lowest BCUT2D eigenvalue weighted by molar-refractivity contribution is -0.129. The molecule has 1 aromatic carbocycles. The number of hydrogen-bond donors (Lipinski definition) is 2. The van der Waals surface area contributed by atoms with Crippen molar-refractivity contribution in [3.8, 4) is 0 Å². The van der Waals surface area contributed by atoms with Crippen LogP contribution >= 0.6 is 0 Å². The molecule has 98 valence electrons. The first-order valence-electron chi connectivity index (χ1n) is 6.28. The molecule has 2 rings (SSSR count). The second-order valence-electron chi connectivity index (χ2n) is 5.23. The molecule has 4 heteroatoms. The highest BCUT2D eigenvalue weighted by Crippen LogP contribution is 2.26. The number of hydrogen-bond acceptors (Lipinski definition) is 2. The molecule has 2 unspecified atom stereocenters. The molecule has 1 heterocycles.